The van der Waals surface area contributed by atoms with E-state index in [2.05, 4.69) is 65.8 Å². The molecular weight excluding hydrogens is 276 g/mol. The Kier molecular flexibility index (Phi) is 4.43. The number of aromatic nitrogens is 1. The molecule has 2 heterocycles. The zero-order valence-corrected chi connectivity index (χ0v) is 12.9. The van der Waals surface area contributed by atoms with Crippen molar-refractivity contribution in [3.63, 3.8) is 0 Å². The third-order valence-electron chi connectivity index (χ3n) is 3.48. The summed E-state index contributed by atoms with van der Waals surface area (Å²) in [6.07, 6.45) is 3.77. The Bertz CT molecular complexity index is 704. The minimum Gasteiger partial charge on any atom is -0.308 e. The Morgan fingerprint density at radius 1 is 1.00 bits per heavy atom. The van der Waals surface area contributed by atoms with Gasteiger partial charge in [-0.2, -0.15) is 0 Å². The highest BCUT2D eigenvalue weighted by atomic mass is 32.1. The SMILES string of the molecule is Cc1ccncc1CNCc1ccc(-c2ccccc2)s1. The van der Waals surface area contributed by atoms with Crippen LogP contribution in [0.15, 0.2) is 60.9 Å². The number of pyridine rings is 1. The minimum absolute atomic E-state index is 0.859. The molecule has 0 radical (unpaired) electrons. The minimum atomic E-state index is 0.859. The van der Waals surface area contributed by atoms with Gasteiger partial charge < -0.3 is 5.32 Å². The molecule has 0 spiro atoms. The van der Waals surface area contributed by atoms with E-state index in [9.17, 15) is 0 Å². The van der Waals surface area contributed by atoms with Gasteiger partial charge in [0.05, 0.1) is 0 Å². The molecule has 3 heteroatoms. The van der Waals surface area contributed by atoms with Gasteiger partial charge in [0.1, 0.15) is 0 Å². The molecule has 1 aromatic carbocycles. The third-order valence-corrected chi connectivity index (χ3v) is 4.62. The summed E-state index contributed by atoms with van der Waals surface area (Å²) in [5.74, 6) is 0. The lowest BCUT2D eigenvalue weighted by molar-refractivity contribution is 0.696. The van der Waals surface area contributed by atoms with Gasteiger partial charge in [0, 0.05) is 35.2 Å². The van der Waals surface area contributed by atoms with Gasteiger partial charge in [0.25, 0.3) is 0 Å². The number of hydrogen-bond acceptors (Lipinski definition) is 3. The van der Waals surface area contributed by atoms with E-state index in [1.54, 1.807) is 0 Å². The van der Waals surface area contributed by atoms with Gasteiger partial charge in [-0.3, -0.25) is 4.98 Å². The first kappa shape index (κ1) is 14.0. The number of rotatable bonds is 5. The number of hydrogen-bond donors (Lipinski definition) is 1. The molecule has 2 nitrogen and oxygen atoms in total. The molecule has 0 amide bonds. The molecule has 0 saturated carbocycles. The van der Waals surface area contributed by atoms with E-state index in [1.165, 1.54) is 26.4 Å². The Morgan fingerprint density at radius 3 is 2.67 bits per heavy atom. The van der Waals surface area contributed by atoms with Crippen LogP contribution in [0.5, 0.6) is 0 Å². The summed E-state index contributed by atoms with van der Waals surface area (Å²) in [6.45, 7) is 3.88. The summed E-state index contributed by atoms with van der Waals surface area (Å²) in [7, 11) is 0. The molecule has 0 aliphatic rings. The number of nitrogens with zero attached hydrogens (tertiary/aromatic N) is 1. The fourth-order valence-corrected chi connectivity index (χ4v) is 3.22. The molecule has 0 atom stereocenters. The second-order valence-electron chi connectivity index (χ2n) is 5.04. The molecule has 0 aliphatic heterocycles. The highest BCUT2D eigenvalue weighted by Crippen LogP contribution is 2.27. The van der Waals surface area contributed by atoms with E-state index in [-0.39, 0.29) is 0 Å². The van der Waals surface area contributed by atoms with Crippen molar-refractivity contribution in [1.29, 1.82) is 0 Å². The lowest BCUT2D eigenvalue weighted by atomic mass is 10.1. The van der Waals surface area contributed by atoms with Crippen molar-refractivity contribution in [3.05, 3.63) is 76.9 Å². The molecular formula is C18H18N2S. The standard InChI is InChI=1S/C18H18N2S/c1-14-9-10-19-11-16(14)12-20-13-17-7-8-18(21-17)15-5-3-2-4-6-15/h2-11,20H,12-13H2,1H3. The first-order valence-corrected chi connectivity index (χ1v) is 7.89. The van der Waals surface area contributed by atoms with Gasteiger partial charge in [-0.1, -0.05) is 30.3 Å². The van der Waals surface area contributed by atoms with Crippen LogP contribution in [0.25, 0.3) is 10.4 Å². The highest BCUT2D eigenvalue weighted by Gasteiger charge is 2.03. The van der Waals surface area contributed by atoms with Crippen molar-refractivity contribution in [2.45, 2.75) is 20.0 Å². The molecule has 0 aliphatic carbocycles. The summed E-state index contributed by atoms with van der Waals surface area (Å²) in [5.41, 5.74) is 3.84. The van der Waals surface area contributed by atoms with Crippen LogP contribution in [0.1, 0.15) is 16.0 Å². The Labute approximate surface area is 129 Å². The van der Waals surface area contributed by atoms with Crippen LogP contribution in [-0.2, 0) is 13.1 Å². The molecule has 2 aromatic heterocycles. The van der Waals surface area contributed by atoms with Crippen molar-refractivity contribution in [1.82, 2.24) is 10.3 Å². The summed E-state index contributed by atoms with van der Waals surface area (Å²) in [5, 5.41) is 3.49. The summed E-state index contributed by atoms with van der Waals surface area (Å²) < 4.78 is 0. The van der Waals surface area contributed by atoms with Gasteiger partial charge >= 0.3 is 0 Å². The lowest BCUT2D eigenvalue weighted by Crippen LogP contribution is -2.12. The van der Waals surface area contributed by atoms with E-state index < -0.39 is 0 Å². The zero-order chi connectivity index (χ0) is 14.5. The zero-order valence-electron chi connectivity index (χ0n) is 12.0. The van der Waals surface area contributed by atoms with Crippen LogP contribution in [0.4, 0.5) is 0 Å². The van der Waals surface area contributed by atoms with E-state index in [4.69, 9.17) is 0 Å². The Hall–Kier alpha value is -1.97. The quantitative estimate of drug-likeness (QED) is 0.754. The third kappa shape index (κ3) is 3.57. The van der Waals surface area contributed by atoms with Gasteiger partial charge in [-0.05, 0) is 41.8 Å². The molecule has 3 rings (SSSR count). The average Bonchev–Trinajstić information content (AvgIpc) is 2.99. The van der Waals surface area contributed by atoms with E-state index in [0.717, 1.165) is 13.1 Å². The summed E-state index contributed by atoms with van der Waals surface area (Å²) >= 11 is 1.85. The smallest absolute Gasteiger partial charge is 0.0346 e. The van der Waals surface area contributed by atoms with Crippen LogP contribution in [-0.4, -0.2) is 4.98 Å². The van der Waals surface area contributed by atoms with Crippen molar-refractivity contribution in [2.24, 2.45) is 0 Å². The lowest BCUT2D eigenvalue weighted by Gasteiger charge is -2.05. The maximum Gasteiger partial charge on any atom is 0.0346 e. The highest BCUT2D eigenvalue weighted by molar-refractivity contribution is 7.15. The van der Waals surface area contributed by atoms with Crippen molar-refractivity contribution in [3.8, 4) is 10.4 Å². The molecule has 0 saturated heterocycles. The van der Waals surface area contributed by atoms with Crippen LogP contribution < -0.4 is 5.32 Å². The molecule has 21 heavy (non-hydrogen) atoms. The Morgan fingerprint density at radius 2 is 1.86 bits per heavy atom. The monoisotopic (exact) mass is 294 g/mol. The second kappa shape index (κ2) is 6.66. The molecule has 0 bridgehead atoms. The predicted molar refractivity (Wildman–Crippen MR) is 89.3 cm³/mol. The maximum atomic E-state index is 4.18. The van der Waals surface area contributed by atoms with Gasteiger partial charge in [-0.15, -0.1) is 11.3 Å². The largest absolute Gasteiger partial charge is 0.308 e. The van der Waals surface area contributed by atoms with Crippen LogP contribution in [0.2, 0.25) is 0 Å². The van der Waals surface area contributed by atoms with Crippen molar-refractivity contribution < 1.29 is 0 Å². The molecule has 0 unspecified atom stereocenters. The molecule has 1 N–H and O–H groups in total. The molecule has 0 fully saturated rings. The van der Waals surface area contributed by atoms with Crippen molar-refractivity contribution >= 4 is 11.3 Å². The normalized spacial score (nSPS) is 10.7. The van der Waals surface area contributed by atoms with E-state index >= 15 is 0 Å². The molecule has 106 valence electrons. The molecule has 3 aromatic rings. The number of benzene rings is 1. The summed E-state index contributed by atoms with van der Waals surface area (Å²) in [4.78, 5) is 6.86. The topological polar surface area (TPSA) is 24.9 Å². The number of aryl methyl sites for hydroxylation is 1. The van der Waals surface area contributed by atoms with Crippen LogP contribution in [0.3, 0.4) is 0 Å². The number of nitrogens with one attached hydrogen (secondary N) is 1. The first-order chi connectivity index (χ1) is 10.3. The van der Waals surface area contributed by atoms with Crippen LogP contribution in [0, 0.1) is 6.92 Å². The second-order valence-corrected chi connectivity index (χ2v) is 6.21. The van der Waals surface area contributed by atoms with Gasteiger partial charge in [-0.25, -0.2) is 0 Å². The van der Waals surface area contributed by atoms with E-state index in [0.29, 0.717) is 0 Å². The fourth-order valence-electron chi connectivity index (χ4n) is 2.23. The van der Waals surface area contributed by atoms with Gasteiger partial charge in [0.15, 0.2) is 0 Å². The van der Waals surface area contributed by atoms with E-state index in [1.807, 2.05) is 23.7 Å². The predicted octanol–water partition coefficient (Wildman–Crippen LogP) is 4.41. The fraction of sp³-hybridized carbons (Fsp3) is 0.167. The summed E-state index contributed by atoms with van der Waals surface area (Å²) in [6, 6.07) is 17.0. The number of thiophene rings is 1. The maximum absolute atomic E-state index is 4.18. The van der Waals surface area contributed by atoms with Gasteiger partial charge in [0.2, 0.25) is 0 Å². The Balaban J connectivity index is 1.60. The first-order valence-electron chi connectivity index (χ1n) is 7.07. The van der Waals surface area contributed by atoms with Crippen LogP contribution >= 0.6 is 11.3 Å². The average molecular weight is 294 g/mol. The van der Waals surface area contributed by atoms with Crippen molar-refractivity contribution in [2.75, 3.05) is 0 Å².